The van der Waals surface area contributed by atoms with Crippen LogP contribution in [0.5, 0.6) is 0 Å². The fourth-order valence-corrected chi connectivity index (χ4v) is 1.55. The van der Waals surface area contributed by atoms with Gasteiger partial charge in [-0.3, -0.25) is 0 Å². The number of rotatable bonds is 1. The van der Waals surface area contributed by atoms with Gasteiger partial charge in [0.2, 0.25) is 0 Å². The van der Waals surface area contributed by atoms with Gasteiger partial charge in [0.15, 0.2) is 0 Å². The van der Waals surface area contributed by atoms with Crippen molar-refractivity contribution in [3.63, 3.8) is 0 Å². The van der Waals surface area contributed by atoms with Crippen LogP contribution in [0, 0.1) is 5.92 Å². The SMILES string of the molecule is C1COC(C2CNC2)C1. The number of hydrogen-bond donors (Lipinski definition) is 1. The van der Waals surface area contributed by atoms with Gasteiger partial charge in [-0.15, -0.1) is 0 Å². The third-order valence-electron chi connectivity index (χ3n) is 2.30. The summed E-state index contributed by atoms with van der Waals surface area (Å²) >= 11 is 0. The third-order valence-corrected chi connectivity index (χ3v) is 2.30. The Hall–Kier alpha value is -0.0800. The van der Waals surface area contributed by atoms with Gasteiger partial charge in [0.25, 0.3) is 0 Å². The van der Waals surface area contributed by atoms with Crippen molar-refractivity contribution in [3.8, 4) is 0 Å². The lowest BCUT2D eigenvalue weighted by Gasteiger charge is -2.31. The van der Waals surface area contributed by atoms with Gasteiger partial charge in [0.05, 0.1) is 6.10 Å². The van der Waals surface area contributed by atoms with E-state index < -0.39 is 0 Å². The van der Waals surface area contributed by atoms with E-state index in [0.29, 0.717) is 6.10 Å². The molecule has 2 saturated heterocycles. The van der Waals surface area contributed by atoms with E-state index >= 15 is 0 Å². The van der Waals surface area contributed by atoms with Crippen LogP contribution in [0.4, 0.5) is 0 Å². The summed E-state index contributed by atoms with van der Waals surface area (Å²) in [4.78, 5) is 0. The molecule has 0 bridgehead atoms. The molecule has 1 atom stereocenters. The highest BCUT2D eigenvalue weighted by Gasteiger charge is 2.29. The molecule has 2 heterocycles. The van der Waals surface area contributed by atoms with Gasteiger partial charge in [-0.05, 0) is 12.8 Å². The monoisotopic (exact) mass is 127 g/mol. The minimum Gasteiger partial charge on any atom is -0.378 e. The van der Waals surface area contributed by atoms with E-state index in [1.807, 2.05) is 0 Å². The minimum atomic E-state index is 0.603. The van der Waals surface area contributed by atoms with Crippen LogP contribution in [0.25, 0.3) is 0 Å². The molecule has 2 fully saturated rings. The fourth-order valence-electron chi connectivity index (χ4n) is 1.55. The first kappa shape index (κ1) is 5.69. The Balaban J connectivity index is 1.82. The van der Waals surface area contributed by atoms with Gasteiger partial charge in [0.1, 0.15) is 0 Å². The topological polar surface area (TPSA) is 21.3 Å². The molecular formula is C7H13NO. The maximum Gasteiger partial charge on any atom is 0.0628 e. The van der Waals surface area contributed by atoms with E-state index in [9.17, 15) is 0 Å². The fraction of sp³-hybridized carbons (Fsp3) is 1.00. The summed E-state index contributed by atoms with van der Waals surface area (Å²) in [6.07, 6.45) is 3.18. The zero-order chi connectivity index (χ0) is 6.10. The van der Waals surface area contributed by atoms with Crippen molar-refractivity contribution in [2.45, 2.75) is 18.9 Å². The van der Waals surface area contributed by atoms with E-state index in [1.165, 1.54) is 25.9 Å². The molecule has 0 aliphatic carbocycles. The predicted octanol–water partition coefficient (Wildman–Crippen LogP) is 0.385. The molecule has 0 aromatic heterocycles. The Morgan fingerprint density at radius 2 is 2.22 bits per heavy atom. The van der Waals surface area contributed by atoms with Crippen molar-refractivity contribution in [1.29, 1.82) is 0 Å². The molecule has 1 unspecified atom stereocenters. The smallest absolute Gasteiger partial charge is 0.0628 e. The third kappa shape index (κ3) is 0.970. The summed E-state index contributed by atoms with van der Waals surface area (Å²) < 4.78 is 5.52. The van der Waals surface area contributed by atoms with Crippen LogP contribution in [0.15, 0.2) is 0 Å². The molecule has 2 rings (SSSR count). The van der Waals surface area contributed by atoms with Crippen molar-refractivity contribution in [2.24, 2.45) is 5.92 Å². The van der Waals surface area contributed by atoms with Crippen LogP contribution in [0.1, 0.15) is 12.8 Å². The highest BCUT2D eigenvalue weighted by molar-refractivity contribution is 4.84. The van der Waals surface area contributed by atoms with Crippen molar-refractivity contribution < 1.29 is 4.74 Å². The number of ether oxygens (including phenoxy) is 1. The molecule has 2 heteroatoms. The average molecular weight is 127 g/mol. The molecule has 0 amide bonds. The lowest BCUT2D eigenvalue weighted by molar-refractivity contribution is 0.0418. The molecule has 0 spiro atoms. The predicted molar refractivity (Wildman–Crippen MR) is 35.3 cm³/mol. The summed E-state index contributed by atoms with van der Waals surface area (Å²) in [7, 11) is 0. The summed E-state index contributed by atoms with van der Waals surface area (Å²) in [5, 5.41) is 3.26. The van der Waals surface area contributed by atoms with Crippen molar-refractivity contribution in [3.05, 3.63) is 0 Å². The first-order chi connectivity index (χ1) is 4.47. The molecule has 0 aromatic carbocycles. The maximum atomic E-state index is 5.52. The van der Waals surface area contributed by atoms with E-state index in [-0.39, 0.29) is 0 Å². The van der Waals surface area contributed by atoms with Gasteiger partial charge in [-0.2, -0.15) is 0 Å². The summed E-state index contributed by atoms with van der Waals surface area (Å²) in [6.45, 7) is 3.37. The van der Waals surface area contributed by atoms with Crippen molar-refractivity contribution in [2.75, 3.05) is 19.7 Å². The molecule has 2 aliphatic heterocycles. The lowest BCUT2D eigenvalue weighted by atomic mass is 9.95. The summed E-state index contributed by atoms with van der Waals surface area (Å²) in [5.41, 5.74) is 0. The number of nitrogens with one attached hydrogen (secondary N) is 1. The van der Waals surface area contributed by atoms with Crippen LogP contribution < -0.4 is 5.32 Å². The maximum absolute atomic E-state index is 5.52. The quantitative estimate of drug-likeness (QED) is 0.550. The first-order valence-electron chi connectivity index (χ1n) is 3.79. The van der Waals surface area contributed by atoms with Crippen LogP contribution in [-0.4, -0.2) is 25.8 Å². The van der Waals surface area contributed by atoms with Gasteiger partial charge in [0, 0.05) is 25.6 Å². The molecule has 9 heavy (non-hydrogen) atoms. The second-order valence-corrected chi connectivity index (χ2v) is 2.97. The standard InChI is InChI=1S/C7H13NO/c1-2-7(9-3-1)6-4-8-5-6/h6-8H,1-5H2. The van der Waals surface area contributed by atoms with Crippen molar-refractivity contribution in [1.82, 2.24) is 5.32 Å². The molecule has 2 nitrogen and oxygen atoms in total. The van der Waals surface area contributed by atoms with E-state index in [2.05, 4.69) is 5.32 Å². The average Bonchev–Trinajstić information content (AvgIpc) is 2.11. The van der Waals surface area contributed by atoms with Crippen LogP contribution >= 0.6 is 0 Å². The molecule has 52 valence electrons. The second-order valence-electron chi connectivity index (χ2n) is 2.97. The zero-order valence-electron chi connectivity index (χ0n) is 5.60. The molecule has 1 N–H and O–H groups in total. The Labute approximate surface area is 55.6 Å². The first-order valence-corrected chi connectivity index (χ1v) is 3.79. The van der Waals surface area contributed by atoms with Gasteiger partial charge in [-0.25, -0.2) is 0 Å². The molecule has 2 aliphatic rings. The van der Waals surface area contributed by atoms with Crippen LogP contribution in [0.3, 0.4) is 0 Å². The molecular weight excluding hydrogens is 114 g/mol. The summed E-state index contributed by atoms with van der Waals surface area (Å²) in [6, 6.07) is 0. The van der Waals surface area contributed by atoms with Crippen molar-refractivity contribution >= 4 is 0 Å². The largest absolute Gasteiger partial charge is 0.378 e. The van der Waals surface area contributed by atoms with Crippen LogP contribution in [0.2, 0.25) is 0 Å². The molecule has 0 saturated carbocycles. The number of hydrogen-bond acceptors (Lipinski definition) is 2. The van der Waals surface area contributed by atoms with Gasteiger partial charge in [-0.1, -0.05) is 0 Å². The van der Waals surface area contributed by atoms with Gasteiger partial charge < -0.3 is 10.1 Å². The van der Waals surface area contributed by atoms with E-state index in [4.69, 9.17) is 4.74 Å². The molecule has 0 aromatic rings. The van der Waals surface area contributed by atoms with Gasteiger partial charge >= 0.3 is 0 Å². The minimum absolute atomic E-state index is 0.603. The lowest BCUT2D eigenvalue weighted by Crippen LogP contribution is -2.48. The molecule has 0 radical (unpaired) electrons. The summed E-state index contributed by atoms with van der Waals surface area (Å²) in [5.74, 6) is 0.840. The Kier molecular flexibility index (Phi) is 1.44. The highest BCUT2D eigenvalue weighted by Crippen LogP contribution is 2.22. The Bertz CT molecular complexity index is 95.1. The van der Waals surface area contributed by atoms with Crippen LogP contribution in [-0.2, 0) is 4.74 Å². The van der Waals surface area contributed by atoms with E-state index in [1.54, 1.807) is 0 Å². The highest BCUT2D eigenvalue weighted by atomic mass is 16.5. The van der Waals surface area contributed by atoms with E-state index in [0.717, 1.165) is 12.5 Å². The second kappa shape index (κ2) is 2.27. The Morgan fingerprint density at radius 1 is 1.33 bits per heavy atom. The zero-order valence-corrected chi connectivity index (χ0v) is 5.60. The Morgan fingerprint density at radius 3 is 2.67 bits per heavy atom. The normalized spacial score (nSPS) is 36.7.